The van der Waals surface area contributed by atoms with Gasteiger partial charge in [0.25, 0.3) is 0 Å². The van der Waals surface area contributed by atoms with Crippen molar-refractivity contribution < 1.29 is 9.50 Å². The normalized spacial score (nSPS) is 14.1. The lowest BCUT2D eigenvalue weighted by Gasteiger charge is -2.29. The van der Waals surface area contributed by atoms with Crippen LogP contribution in [0.15, 0.2) is 54.6 Å². The van der Waals surface area contributed by atoms with Crippen LogP contribution in [0.25, 0.3) is 0 Å². The van der Waals surface area contributed by atoms with E-state index in [-0.39, 0.29) is 5.82 Å². The van der Waals surface area contributed by atoms with Crippen LogP contribution in [-0.4, -0.2) is 5.11 Å². The molecule has 2 heteroatoms. The maximum atomic E-state index is 13.0. The smallest absolute Gasteiger partial charge is 0.123 e. The van der Waals surface area contributed by atoms with Gasteiger partial charge in [-0.05, 0) is 29.7 Å². The van der Waals surface area contributed by atoms with E-state index in [2.05, 4.69) is 6.92 Å². The van der Waals surface area contributed by atoms with Crippen LogP contribution >= 0.6 is 0 Å². The number of halogens is 1. The van der Waals surface area contributed by atoms with Crippen molar-refractivity contribution >= 4 is 0 Å². The molecule has 0 heterocycles. The van der Waals surface area contributed by atoms with E-state index in [4.69, 9.17) is 0 Å². The van der Waals surface area contributed by atoms with Crippen molar-refractivity contribution in [2.24, 2.45) is 0 Å². The molecule has 0 bridgehead atoms. The fourth-order valence-electron chi connectivity index (χ4n) is 2.33. The average Bonchev–Trinajstić information content (AvgIpc) is 2.46. The van der Waals surface area contributed by atoms with Gasteiger partial charge in [-0.1, -0.05) is 62.2 Å². The lowest BCUT2D eigenvalue weighted by Crippen LogP contribution is -2.27. The Morgan fingerprint density at radius 1 is 0.947 bits per heavy atom. The molecule has 1 atom stereocenters. The number of benzene rings is 2. The number of hydrogen-bond acceptors (Lipinski definition) is 1. The van der Waals surface area contributed by atoms with Gasteiger partial charge < -0.3 is 5.11 Å². The lowest BCUT2D eigenvalue weighted by molar-refractivity contribution is 0.0684. The van der Waals surface area contributed by atoms with E-state index in [1.54, 1.807) is 12.1 Å². The Bertz CT molecular complexity index is 507. The van der Waals surface area contributed by atoms with Gasteiger partial charge in [-0.2, -0.15) is 0 Å². The third-order valence-corrected chi connectivity index (χ3v) is 3.47. The van der Waals surface area contributed by atoms with Gasteiger partial charge in [-0.15, -0.1) is 0 Å². The second kappa shape index (κ2) is 5.98. The molecule has 0 aliphatic heterocycles. The van der Waals surface area contributed by atoms with Gasteiger partial charge in [0.05, 0.1) is 0 Å². The summed E-state index contributed by atoms with van der Waals surface area (Å²) in [4.78, 5) is 0. The van der Waals surface area contributed by atoms with Crippen LogP contribution < -0.4 is 0 Å². The third-order valence-electron chi connectivity index (χ3n) is 3.47. The largest absolute Gasteiger partial charge is 0.380 e. The van der Waals surface area contributed by atoms with E-state index < -0.39 is 5.60 Å². The Kier molecular flexibility index (Phi) is 4.33. The van der Waals surface area contributed by atoms with E-state index in [9.17, 15) is 9.50 Å². The van der Waals surface area contributed by atoms with Crippen molar-refractivity contribution in [2.45, 2.75) is 31.8 Å². The highest BCUT2D eigenvalue weighted by atomic mass is 19.1. The minimum absolute atomic E-state index is 0.283. The SMILES string of the molecule is CCCCC(O)(c1ccccc1)c1ccc(F)cc1. The van der Waals surface area contributed by atoms with Gasteiger partial charge in [0, 0.05) is 0 Å². The summed E-state index contributed by atoms with van der Waals surface area (Å²) in [6.07, 6.45) is 2.57. The van der Waals surface area contributed by atoms with Crippen LogP contribution in [-0.2, 0) is 5.60 Å². The molecule has 100 valence electrons. The molecule has 2 aromatic carbocycles. The molecule has 2 rings (SSSR count). The Morgan fingerprint density at radius 2 is 1.53 bits per heavy atom. The first-order chi connectivity index (χ1) is 9.16. The Hall–Kier alpha value is -1.67. The summed E-state index contributed by atoms with van der Waals surface area (Å²) in [6.45, 7) is 2.09. The van der Waals surface area contributed by atoms with Crippen LogP contribution in [0.2, 0.25) is 0 Å². The van der Waals surface area contributed by atoms with Crippen LogP contribution in [0, 0.1) is 5.82 Å². The highest BCUT2D eigenvalue weighted by molar-refractivity contribution is 5.35. The summed E-state index contributed by atoms with van der Waals surface area (Å²) in [7, 11) is 0. The summed E-state index contributed by atoms with van der Waals surface area (Å²) < 4.78 is 13.0. The van der Waals surface area contributed by atoms with E-state index in [1.807, 2.05) is 30.3 Å². The fourth-order valence-corrected chi connectivity index (χ4v) is 2.33. The van der Waals surface area contributed by atoms with Crippen LogP contribution in [0.1, 0.15) is 37.3 Å². The molecule has 0 radical (unpaired) electrons. The summed E-state index contributed by atoms with van der Waals surface area (Å²) in [5.41, 5.74) is 0.564. The maximum absolute atomic E-state index is 13.0. The highest BCUT2D eigenvalue weighted by Gasteiger charge is 2.30. The first-order valence-corrected chi connectivity index (χ1v) is 6.71. The van der Waals surface area contributed by atoms with E-state index in [0.717, 1.165) is 24.0 Å². The van der Waals surface area contributed by atoms with Gasteiger partial charge in [-0.25, -0.2) is 4.39 Å². The van der Waals surface area contributed by atoms with Gasteiger partial charge in [0.1, 0.15) is 11.4 Å². The Balaban J connectivity index is 2.42. The molecule has 0 fully saturated rings. The predicted molar refractivity (Wildman–Crippen MR) is 75.4 cm³/mol. The summed E-state index contributed by atoms with van der Waals surface area (Å²) in [5.74, 6) is -0.283. The van der Waals surface area contributed by atoms with Crippen LogP contribution in [0.3, 0.4) is 0 Å². The van der Waals surface area contributed by atoms with E-state index in [1.165, 1.54) is 12.1 Å². The Morgan fingerprint density at radius 3 is 2.11 bits per heavy atom. The lowest BCUT2D eigenvalue weighted by atomic mass is 9.82. The summed E-state index contributed by atoms with van der Waals surface area (Å²) >= 11 is 0. The monoisotopic (exact) mass is 258 g/mol. The molecule has 1 unspecified atom stereocenters. The van der Waals surface area contributed by atoms with Crippen molar-refractivity contribution in [2.75, 3.05) is 0 Å². The molecule has 2 aromatic rings. The molecule has 0 aliphatic carbocycles. The predicted octanol–water partition coefficient (Wildman–Crippen LogP) is 4.25. The van der Waals surface area contributed by atoms with Gasteiger partial charge in [0.15, 0.2) is 0 Å². The molecule has 0 amide bonds. The quantitative estimate of drug-likeness (QED) is 0.850. The van der Waals surface area contributed by atoms with Crippen LogP contribution in [0.4, 0.5) is 4.39 Å². The molecule has 0 saturated heterocycles. The number of aliphatic hydroxyl groups is 1. The first kappa shape index (κ1) is 13.8. The van der Waals surface area contributed by atoms with E-state index >= 15 is 0 Å². The number of hydrogen-bond donors (Lipinski definition) is 1. The minimum atomic E-state index is -1.04. The van der Waals surface area contributed by atoms with Gasteiger partial charge >= 0.3 is 0 Å². The van der Waals surface area contributed by atoms with Crippen molar-refractivity contribution in [3.63, 3.8) is 0 Å². The molecule has 1 nitrogen and oxygen atoms in total. The van der Waals surface area contributed by atoms with Crippen LogP contribution in [0.5, 0.6) is 0 Å². The van der Waals surface area contributed by atoms with Crippen molar-refractivity contribution in [3.05, 3.63) is 71.5 Å². The zero-order valence-electron chi connectivity index (χ0n) is 11.1. The zero-order valence-corrected chi connectivity index (χ0v) is 11.1. The topological polar surface area (TPSA) is 20.2 Å². The molecule has 0 saturated carbocycles. The molecular formula is C17H19FO. The number of unbranched alkanes of at least 4 members (excludes halogenated alkanes) is 1. The second-order valence-corrected chi connectivity index (χ2v) is 4.84. The van der Waals surface area contributed by atoms with E-state index in [0.29, 0.717) is 6.42 Å². The second-order valence-electron chi connectivity index (χ2n) is 4.84. The molecule has 19 heavy (non-hydrogen) atoms. The van der Waals surface area contributed by atoms with Crippen molar-refractivity contribution in [1.82, 2.24) is 0 Å². The summed E-state index contributed by atoms with van der Waals surface area (Å²) in [5, 5.41) is 11.1. The zero-order chi connectivity index (χ0) is 13.7. The molecule has 1 N–H and O–H groups in total. The molecule has 0 aliphatic rings. The molecule has 0 spiro atoms. The minimum Gasteiger partial charge on any atom is -0.380 e. The maximum Gasteiger partial charge on any atom is 0.123 e. The van der Waals surface area contributed by atoms with Gasteiger partial charge in [0.2, 0.25) is 0 Å². The standard InChI is InChI=1S/C17H19FO/c1-2-3-13-17(19,14-7-5-4-6-8-14)15-9-11-16(18)12-10-15/h4-12,19H,2-3,13H2,1H3. The van der Waals surface area contributed by atoms with Crippen molar-refractivity contribution in [3.8, 4) is 0 Å². The van der Waals surface area contributed by atoms with Crippen molar-refractivity contribution in [1.29, 1.82) is 0 Å². The molecule has 0 aromatic heterocycles. The fraction of sp³-hybridized carbons (Fsp3) is 0.294. The third kappa shape index (κ3) is 3.02. The Labute approximate surface area is 113 Å². The van der Waals surface area contributed by atoms with Gasteiger partial charge in [-0.3, -0.25) is 0 Å². The molecular weight excluding hydrogens is 239 g/mol. The summed E-state index contributed by atoms with van der Waals surface area (Å²) in [6, 6.07) is 15.7. The first-order valence-electron chi connectivity index (χ1n) is 6.71. The highest BCUT2D eigenvalue weighted by Crippen LogP contribution is 2.34. The average molecular weight is 258 g/mol. The number of rotatable bonds is 5.